The van der Waals surface area contributed by atoms with Crippen LogP contribution in [0.15, 0.2) is 42.6 Å². The number of hydrogen-bond acceptors (Lipinski definition) is 2. The second-order valence-electron chi connectivity index (χ2n) is 4.52. The summed E-state index contributed by atoms with van der Waals surface area (Å²) in [6.07, 6.45) is 1.86. The first-order chi connectivity index (χ1) is 10.1. The van der Waals surface area contributed by atoms with Crippen LogP contribution in [0, 0.1) is 6.92 Å². The predicted octanol–water partition coefficient (Wildman–Crippen LogP) is 4.20. The molecule has 3 aromatic rings. The second kappa shape index (κ2) is 5.39. The summed E-state index contributed by atoms with van der Waals surface area (Å²) in [4.78, 5) is 16.7. The van der Waals surface area contributed by atoms with E-state index in [4.69, 9.17) is 23.2 Å². The number of carbonyl (C=O) groups excluding carboxylic acids is 1. The third-order valence-electron chi connectivity index (χ3n) is 3.14. The molecule has 2 aromatic heterocycles. The molecule has 1 aromatic carbocycles. The fourth-order valence-electron chi connectivity index (χ4n) is 2.14. The van der Waals surface area contributed by atoms with Crippen LogP contribution in [0.2, 0.25) is 10.0 Å². The molecule has 6 heteroatoms. The number of anilines is 1. The summed E-state index contributed by atoms with van der Waals surface area (Å²) in [5.41, 5.74) is 1.55. The van der Waals surface area contributed by atoms with Crippen LogP contribution in [0.4, 0.5) is 5.69 Å². The normalized spacial score (nSPS) is 10.8. The average Bonchev–Trinajstić information content (AvgIpc) is 2.82. The van der Waals surface area contributed by atoms with Gasteiger partial charge in [0.15, 0.2) is 5.69 Å². The molecule has 1 amide bonds. The summed E-state index contributed by atoms with van der Waals surface area (Å²) in [6.45, 7) is 1.84. The first kappa shape index (κ1) is 13.9. The van der Waals surface area contributed by atoms with Crippen molar-refractivity contribution in [3.63, 3.8) is 0 Å². The maximum atomic E-state index is 12.4. The van der Waals surface area contributed by atoms with Crippen molar-refractivity contribution in [1.29, 1.82) is 0 Å². The van der Waals surface area contributed by atoms with E-state index in [-0.39, 0.29) is 5.91 Å². The lowest BCUT2D eigenvalue weighted by molar-refractivity contribution is 0.102. The van der Waals surface area contributed by atoms with E-state index in [1.54, 1.807) is 18.2 Å². The van der Waals surface area contributed by atoms with Gasteiger partial charge in [-0.25, -0.2) is 4.98 Å². The van der Waals surface area contributed by atoms with Crippen LogP contribution in [0.5, 0.6) is 0 Å². The van der Waals surface area contributed by atoms with Crippen molar-refractivity contribution in [2.75, 3.05) is 5.32 Å². The maximum absolute atomic E-state index is 12.4. The smallest absolute Gasteiger partial charge is 0.276 e. The van der Waals surface area contributed by atoms with Crippen molar-refractivity contribution in [2.45, 2.75) is 6.92 Å². The van der Waals surface area contributed by atoms with Gasteiger partial charge in [0.05, 0.1) is 21.2 Å². The summed E-state index contributed by atoms with van der Waals surface area (Å²) in [5, 5.41) is 3.44. The number of hydrogen-bond donors (Lipinski definition) is 1. The third-order valence-corrected chi connectivity index (χ3v) is 3.96. The standard InChI is InChI=1S/C15H11Cl2N3O/c1-9-18-14(12-7-2-3-8-20(9)12)15(21)19-11-6-4-5-10(16)13(11)17/h2-8H,1H3,(H,19,21). The lowest BCUT2D eigenvalue weighted by atomic mass is 10.3. The molecule has 0 fully saturated rings. The van der Waals surface area contributed by atoms with E-state index < -0.39 is 0 Å². The highest BCUT2D eigenvalue weighted by Crippen LogP contribution is 2.30. The number of rotatable bonds is 2. The third kappa shape index (κ3) is 2.48. The van der Waals surface area contributed by atoms with Crippen LogP contribution in [0.25, 0.3) is 5.52 Å². The van der Waals surface area contributed by atoms with Crippen molar-refractivity contribution in [3.8, 4) is 0 Å². The summed E-state index contributed by atoms with van der Waals surface area (Å²) >= 11 is 12.0. The van der Waals surface area contributed by atoms with Crippen LogP contribution in [0.1, 0.15) is 16.3 Å². The predicted molar refractivity (Wildman–Crippen MR) is 84.3 cm³/mol. The Bertz CT molecular complexity index is 842. The molecule has 1 N–H and O–H groups in total. The Morgan fingerprint density at radius 3 is 2.81 bits per heavy atom. The van der Waals surface area contributed by atoms with Crippen LogP contribution in [0.3, 0.4) is 0 Å². The Labute approximate surface area is 131 Å². The molecule has 0 radical (unpaired) electrons. The molecule has 106 valence electrons. The molecule has 0 unspecified atom stereocenters. The molecular weight excluding hydrogens is 309 g/mol. The number of nitrogens with one attached hydrogen (secondary N) is 1. The SMILES string of the molecule is Cc1nc(C(=O)Nc2cccc(Cl)c2Cl)c2ccccn12. The van der Waals surface area contributed by atoms with E-state index in [1.165, 1.54) is 0 Å². The molecule has 0 saturated heterocycles. The Kier molecular flexibility index (Phi) is 3.57. The van der Waals surface area contributed by atoms with Gasteiger partial charge in [-0.15, -0.1) is 0 Å². The van der Waals surface area contributed by atoms with E-state index in [9.17, 15) is 4.79 Å². The number of benzene rings is 1. The molecule has 3 rings (SSSR count). The van der Waals surface area contributed by atoms with E-state index in [0.717, 1.165) is 11.3 Å². The molecule has 0 aliphatic rings. The fourth-order valence-corrected chi connectivity index (χ4v) is 2.49. The van der Waals surface area contributed by atoms with E-state index >= 15 is 0 Å². The number of amides is 1. The van der Waals surface area contributed by atoms with Gasteiger partial charge >= 0.3 is 0 Å². The van der Waals surface area contributed by atoms with Gasteiger partial charge in [-0.2, -0.15) is 0 Å². The van der Waals surface area contributed by atoms with Crippen molar-refractivity contribution in [1.82, 2.24) is 9.38 Å². The second-order valence-corrected chi connectivity index (χ2v) is 5.30. The van der Waals surface area contributed by atoms with Crippen molar-refractivity contribution in [2.24, 2.45) is 0 Å². The van der Waals surface area contributed by atoms with Gasteiger partial charge in [0.25, 0.3) is 5.91 Å². The lowest BCUT2D eigenvalue weighted by Crippen LogP contribution is -2.13. The van der Waals surface area contributed by atoms with Gasteiger partial charge in [-0.3, -0.25) is 4.79 Å². The topological polar surface area (TPSA) is 46.4 Å². The highest BCUT2D eigenvalue weighted by molar-refractivity contribution is 6.44. The molecule has 0 bridgehead atoms. The summed E-state index contributed by atoms with van der Waals surface area (Å²) in [5.74, 6) is 0.420. The van der Waals surface area contributed by atoms with Crippen molar-refractivity contribution in [3.05, 3.63) is 64.2 Å². The minimum absolute atomic E-state index is 0.313. The summed E-state index contributed by atoms with van der Waals surface area (Å²) < 4.78 is 1.86. The molecule has 2 heterocycles. The van der Waals surface area contributed by atoms with Gasteiger partial charge < -0.3 is 9.72 Å². The number of aryl methyl sites for hydroxylation is 1. The Morgan fingerprint density at radius 2 is 2.00 bits per heavy atom. The first-order valence-electron chi connectivity index (χ1n) is 6.27. The minimum Gasteiger partial charge on any atom is -0.319 e. The van der Waals surface area contributed by atoms with Gasteiger partial charge in [0.1, 0.15) is 5.82 Å². The van der Waals surface area contributed by atoms with Crippen molar-refractivity contribution >= 4 is 40.3 Å². The monoisotopic (exact) mass is 319 g/mol. The van der Waals surface area contributed by atoms with Crippen molar-refractivity contribution < 1.29 is 4.79 Å². The van der Waals surface area contributed by atoms with Gasteiger partial charge in [0, 0.05) is 6.20 Å². The highest BCUT2D eigenvalue weighted by Gasteiger charge is 2.17. The number of nitrogens with zero attached hydrogens (tertiary/aromatic N) is 2. The number of pyridine rings is 1. The van der Waals surface area contributed by atoms with E-state index in [1.807, 2.05) is 35.7 Å². The maximum Gasteiger partial charge on any atom is 0.276 e. The van der Waals surface area contributed by atoms with Gasteiger partial charge in [-0.05, 0) is 31.2 Å². The van der Waals surface area contributed by atoms with Crippen LogP contribution in [-0.4, -0.2) is 15.3 Å². The van der Waals surface area contributed by atoms with Crippen LogP contribution in [-0.2, 0) is 0 Å². The van der Waals surface area contributed by atoms with Gasteiger partial charge in [-0.1, -0.05) is 35.3 Å². The number of aromatic nitrogens is 2. The fraction of sp³-hybridized carbons (Fsp3) is 0.0667. The number of halogens is 2. The van der Waals surface area contributed by atoms with E-state index in [2.05, 4.69) is 10.3 Å². The molecule has 0 atom stereocenters. The Hall–Kier alpha value is -2.04. The largest absolute Gasteiger partial charge is 0.319 e. The van der Waals surface area contributed by atoms with Gasteiger partial charge in [0.2, 0.25) is 0 Å². The zero-order valence-electron chi connectivity index (χ0n) is 11.1. The quantitative estimate of drug-likeness (QED) is 0.769. The number of fused-ring (bicyclic) bond motifs is 1. The Balaban J connectivity index is 2.00. The molecule has 0 aliphatic carbocycles. The van der Waals surface area contributed by atoms with Crippen LogP contribution < -0.4 is 5.32 Å². The lowest BCUT2D eigenvalue weighted by Gasteiger charge is -2.07. The van der Waals surface area contributed by atoms with E-state index in [0.29, 0.717) is 21.4 Å². The number of carbonyl (C=O) groups is 1. The molecule has 21 heavy (non-hydrogen) atoms. The molecular formula is C15H11Cl2N3O. The zero-order valence-corrected chi connectivity index (χ0v) is 12.6. The number of imidazole rings is 1. The average molecular weight is 320 g/mol. The highest BCUT2D eigenvalue weighted by atomic mass is 35.5. The molecule has 0 saturated carbocycles. The van der Waals surface area contributed by atoms with Crippen LogP contribution >= 0.6 is 23.2 Å². The molecule has 0 spiro atoms. The first-order valence-corrected chi connectivity index (χ1v) is 7.02. The minimum atomic E-state index is -0.323. The summed E-state index contributed by atoms with van der Waals surface area (Å²) in [6, 6.07) is 10.7. The zero-order chi connectivity index (χ0) is 15.0. The molecule has 0 aliphatic heterocycles. The Morgan fingerprint density at radius 1 is 1.19 bits per heavy atom. The summed E-state index contributed by atoms with van der Waals surface area (Å²) in [7, 11) is 0. The molecule has 4 nitrogen and oxygen atoms in total.